The Morgan fingerprint density at radius 2 is 1.93 bits per heavy atom. The molecule has 1 fully saturated rings. The third-order valence-corrected chi connectivity index (χ3v) is 4.24. The highest BCUT2D eigenvalue weighted by Gasteiger charge is 2.21. The van der Waals surface area contributed by atoms with Crippen LogP contribution in [0.2, 0.25) is 0 Å². The Balaban J connectivity index is 1.41. The molecular weight excluding hydrogens is 363 g/mol. The molecule has 0 saturated carbocycles. The van der Waals surface area contributed by atoms with Crippen LogP contribution in [-0.2, 0) is 4.74 Å². The van der Waals surface area contributed by atoms with Crippen LogP contribution >= 0.6 is 0 Å². The molecule has 2 N–H and O–H groups in total. The van der Waals surface area contributed by atoms with E-state index >= 15 is 0 Å². The first-order valence-corrected chi connectivity index (χ1v) is 9.30. The van der Waals surface area contributed by atoms with Crippen molar-refractivity contribution in [2.24, 2.45) is 0 Å². The molecule has 1 aromatic heterocycles. The molecule has 0 radical (unpaired) electrons. The summed E-state index contributed by atoms with van der Waals surface area (Å²) >= 11 is 0. The number of aromatic nitrogens is 1. The van der Waals surface area contributed by atoms with E-state index < -0.39 is 0 Å². The molecule has 2 unspecified atom stereocenters. The number of hydrogen-bond acceptors (Lipinski definition) is 5. The lowest BCUT2D eigenvalue weighted by Crippen LogP contribution is -2.48. The number of nitrogens with one attached hydrogen (secondary N) is 2. The lowest BCUT2D eigenvalue weighted by atomic mass is 10.2. The Morgan fingerprint density at radius 3 is 2.57 bits per heavy atom. The molecule has 1 aromatic carbocycles. The molecule has 8 heteroatoms. The van der Waals surface area contributed by atoms with Gasteiger partial charge in [-0.25, -0.2) is 14.2 Å². The third kappa shape index (κ3) is 6.17. The van der Waals surface area contributed by atoms with Crippen LogP contribution in [0.5, 0.6) is 11.6 Å². The van der Waals surface area contributed by atoms with E-state index in [0.717, 1.165) is 19.6 Å². The zero-order chi connectivity index (χ0) is 19.9. The van der Waals surface area contributed by atoms with Gasteiger partial charge in [-0.1, -0.05) is 0 Å². The van der Waals surface area contributed by atoms with Crippen molar-refractivity contribution in [1.29, 1.82) is 0 Å². The summed E-state index contributed by atoms with van der Waals surface area (Å²) in [6, 6.07) is 8.70. The number of nitrogens with zero attached hydrogens (tertiary/aromatic N) is 2. The number of ether oxygens (including phenoxy) is 2. The standard InChI is InChI=1S/C20H25FN4O3/c1-14-12-25(13-15(2)27-14)10-9-22-20(26)24-17-5-8-19(23-11-17)28-18-6-3-16(21)4-7-18/h3-8,11,14-15H,9-10,12-13H2,1-2H3,(H2,22,24,26). The van der Waals surface area contributed by atoms with Crippen molar-refractivity contribution in [2.45, 2.75) is 26.1 Å². The number of pyridine rings is 1. The maximum atomic E-state index is 12.9. The van der Waals surface area contributed by atoms with Crippen molar-refractivity contribution in [2.75, 3.05) is 31.5 Å². The summed E-state index contributed by atoms with van der Waals surface area (Å²) in [5.74, 6) is 0.510. The Labute approximate surface area is 163 Å². The van der Waals surface area contributed by atoms with Gasteiger partial charge in [0.15, 0.2) is 0 Å². The minimum atomic E-state index is -0.330. The van der Waals surface area contributed by atoms with Crippen LogP contribution in [0, 0.1) is 5.82 Å². The molecule has 0 bridgehead atoms. The fourth-order valence-electron chi connectivity index (χ4n) is 3.11. The topological polar surface area (TPSA) is 75.7 Å². The number of carbonyl (C=O) groups excluding carboxylic acids is 1. The lowest BCUT2D eigenvalue weighted by molar-refractivity contribution is -0.0672. The average molecular weight is 388 g/mol. The van der Waals surface area contributed by atoms with Crippen LogP contribution in [0.1, 0.15) is 13.8 Å². The van der Waals surface area contributed by atoms with Gasteiger partial charge in [0.05, 0.1) is 24.1 Å². The predicted molar refractivity (Wildman–Crippen MR) is 104 cm³/mol. The van der Waals surface area contributed by atoms with Crippen LogP contribution in [0.3, 0.4) is 0 Å². The van der Waals surface area contributed by atoms with Gasteiger partial charge in [0.1, 0.15) is 11.6 Å². The highest BCUT2D eigenvalue weighted by atomic mass is 19.1. The summed E-state index contributed by atoms with van der Waals surface area (Å²) in [6.45, 7) is 7.16. The van der Waals surface area contributed by atoms with Gasteiger partial charge in [0, 0.05) is 32.2 Å². The van der Waals surface area contributed by atoms with Gasteiger partial charge in [-0.15, -0.1) is 0 Å². The number of rotatable bonds is 6. The van der Waals surface area contributed by atoms with Crippen molar-refractivity contribution in [3.8, 4) is 11.6 Å². The first-order valence-electron chi connectivity index (χ1n) is 9.30. The second-order valence-electron chi connectivity index (χ2n) is 6.84. The van der Waals surface area contributed by atoms with Crippen molar-refractivity contribution in [3.63, 3.8) is 0 Å². The summed E-state index contributed by atoms with van der Waals surface area (Å²) in [6.07, 6.45) is 1.92. The summed E-state index contributed by atoms with van der Waals surface area (Å²) in [7, 11) is 0. The Morgan fingerprint density at radius 1 is 1.21 bits per heavy atom. The highest BCUT2D eigenvalue weighted by Crippen LogP contribution is 2.20. The first-order chi connectivity index (χ1) is 13.5. The molecule has 2 heterocycles. The summed E-state index contributed by atoms with van der Waals surface area (Å²) in [5, 5.41) is 5.58. The number of morpholine rings is 1. The quantitative estimate of drug-likeness (QED) is 0.795. The zero-order valence-corrected chi connectivity index (χ0v) is 16.0. The van der Waals surface area contributed by atoms with E-state index in [4.69, 9.17) is 9.47 Å². The van der Waals surface area contributed by atoms with Gasteiger partial charge < -0.3 is 20.1 Å². The number of anilines is 1. The Kier molecular flexibility index (Phi) is 6.78. The summed E-state index contributed by atoms with van der Waals surface area (Å²) in [5.41, 5.74) is 0.553. The summed E-state index contributed by atoms with van der Waals surface area (Å²) in [4.78, 5) is 18.4. The van der Waals surface area contributed by atoms with E-state index in [2.05, 4.69) is 34.4 Å². The van der Waals surface area contributed by atoms with E-state index in [1.165, 1.54) is 30.5 Å². The second kappa shape index (κ2) is 9.48. The zero-order valence-electron chi connectivity index (χ0n) is 16.0. The third-order valence-electron chi connectivity index (χ3n) is 4.24. The van der Waals surface area contributed by atoms with Gasteiger partial charge in [0.2, 0.25) is 5.88 Å². The fourth-order valence-corrected chi connectivity index (χ4v) is 3.11. The van der Waals surface area contributed by atoms with Crippen molar-refractivity contribution < 1.29 is 18.7 Å². The van der Waals surface area contributed by atoms with Crippen LogP contribution in [0.15, 0.2) is 42.6 Å². The van der Waals surface area contributed by atoms with Crippen LogP contribution in [-0.4, -0.2) is 54.3 Å². The molecule has 3 rings (SSSR count). The van der Waals surface area contributed by atoms with E-state index in [9.17, 15) is 9.18 Å². The molecule has 150 valence electrons. The van der Waals surface area contributed by atoms with Gasteiger partial charge in [0.25, 0.3) is 0 Å². The largest absolute Gasteiger partial charge is 0.439 e. The number of halogens is 1. The molecule has 0 aliphatic carbocycles. The molecule has 1 saturated heterocycles. The van der Waals surface area contributed by atoms with Gasteiger partial charge in [-0.2, -0.15) is 0 Å². The molecule has 2 amide bonds. The van der Waals surface area contributed by atoms with Gasteiger partial charge in [-0.05, 0) is 44.2 Å². The normalized spacial score (nSPS) is 19.8. The number of urea groups is 1. The SMILES string of the molecule is CC1CN(CCNC(=O)Nc2ccc(Oc3ccc(F)cc3)nc2)CC(C)O1. The Hall–Kier alpha value is -2.71. The number of benzene rings is 1. The van der Waals surface area contributed by atoms with Crippen molar-refractivity contribution >= 4 is 11.7 Å². The van der Waals surface area contributed by atoms with E-state index in [1.54, 1.807) is 12.1 Å². The van der Waals surface area contributed by atoms with Crippen molar-refractivity contribution in [3.05, 3.63) is 48.4 Å². The molecule has 1 aliphatic rings. The van der Waals surface area contributed by atoms with Crippen molar-refractivity contribution in [1.82, 2.24) is 15.2 Å². The number of carbonyl (C=O) groups is 1. The molecular formula is C20H25FN4O3. The fraction of sp³-hybridized carbons (Fsp3) is 0.400. The van der Waals surface area contributed by atoms with E-state index in [1.807, 2.05) is 0 Å². The average Bonchev–Trinajstić information content (AvgIpc) is 2.64. The maximum absolute atomic E-state index is 12.9. The number of amides is 2. The minimum absolute atomic E-state index is 0.208. The molecule has 0 spiro atoms. The molecule has 28 heavy (non-hydrogen) atoms. The van der Waals surface area contributed by atoms with E-state index in [-0.39, 0.29) is 24.1 Å². The number of hydrogen-bond donors (Lipinski definition) is 2. The second-order valence-corrected chi connectivity index (χ2v) is 6.84. The lowest BCUT2D eigenvalue weighted by Gasteiger charge is -2.35. The Bertz CT molecular complexity index is 760. The molecule has 2 aromatic rings. The van der Waals surface area contributed by atoms with Crippen LogP contribution in [0.25, 0.3) is 0 Å². The van der Waals surface area contributed by atoms with Crippen LogP contribution in [0.4, 0.5) is 14.9 Å². The highest BCUT2D eigenvalue weighted by molar-refractivity contribution is 5.88. The molecule has 1 aliphatic heterocycles. The van der Waals surface area contributed by atoms with E-state index in [0.29, 0.717) is 23.9 Å². The predicted octanol–water partition coefficient (Wildman–Crippen LogP) is 3.24. The summed E-state index contributed by atoms with van der Waals surface area (Å²) < 4.78 is 24.1. The first kappa shape index (κ1) is 20.0. The van der Waals surface area contributed by atoms with Crippen LogP contribution < -0.4 is 15.4 Å². The van der Waals surface area contributed by atoms with Gasteiger partial charge >= 0.3 is 6.03 Å². The maximum Gasteiger partial charge on any atom is 0.319 e. The monoisotopic (exact) mass is 388 g/mol. The minimum Gasteiger partial charge on any atom is -0.439 e. The van der Waals surface area contributed by atoms with Gasteiger partial charge in [-0.3, -0.25) is 4.90 Å². The molecule has 2 atom stereocenters. The molecule has 7 nitrogen and oxygen atoms in total. The smallest absolute Gasteiger partial charge is 0.319 e.